The van der Waals surface area contributed by atoms with Gasteiger partial charge in [-0.1, -0.05) is 35.9 Å². The van der Waals surface area contributed by atoms with Gasteiger partial charge in [0.05, 0.1) is 12.2 Å². The van der Waals surface area contributed by atoms with Crippen LogP contribution < -0.4 is 10.1 Å². The van der Waals surface area contributed by atoms with Crippen LogP contribution in [0.2, 0.25) is 5.02 Å². The van der Waals surface area contributed by atoms with E-state index >= 15 is 0 Å². The van der Waals surface area contributed by atoms with Crippen molar-refractivity contribution in [2.24, 2.45) is 0 Å². The zero-order valence-electron chi connectivity index (χ0n) is 13.8. The monoisotopic (exact) mass is 367 g/mol. The number of rotatable bonds is 3. The summed E-state index contributed by atoms with van der Waals surface area (Å²) < 4.78 is 19.3. The van der Waals surface area contributed by atoms with Gasteiger partial charge in [-0.2, -0.15) is 0 Å². The van der Waals surface area contributed by atoms with E-state index in [0.29, 0.717) is 17.3 Å². The maximum atomic E-state index is 13.7. The maximum Gasteiger partial charge on any atom is 0.258 e. The van der Waals surface area contributed by atoms with E-state index in [1.807, 2.05) is 24.3 Å². The van der Waals surface area contributed by atoms with Gasteiger partial charge in [0, 0.05) is 22.7 Å². The number of hydrogen-bond donors (Lipinski definition) is 1. The summed E-state index contributed by atoms with van der Waals surface area (Å²) in [6.07, 6.45) is 0.871. The highest BCUT2D eigenvalue weighted by Gasteiger charge is 2.16. The van der Waals surface area contributed by atoms with Crippen molar-refractivity contribution >= 4 is 23.2 Å². The van der Waals surface area contributed by atoms with E-state index in [1.54, 1.807) is 24.3 Å². The average Bonchev–Trinajstić information content (AvgIpc) is 3.09. The molecule has 5 heteroatoms. The third-order valence-electron chi connectivity index (χ3n) is 4.35. The molecule has 0 bridgehead atoms. The molecule has 1 aliphatic heterocycles. The first-order valence-corrected chi connectivity index (χ1v) is 8.61. The number of halogens is 2. The van der Waals surface area contributed by atoms with Gasteiger partial charge in [0.15, 0.2) is 0 Å². The van der Waals surface area contributed by atoms with Crippen molar-refractivity contribution in [3.8, 4) is 16.9 Å². The molecule has 1 aliphatic rings. The first kappa shape index (κ1) is 16.6. The minimum Gasteiger partial charge on any atom is -0.493 e. The SMILES string of the molecule is O=C(Nc1ccc(-c2cc3c(cc2Cl)CCO3)cc1)c1ccccc1F. The summed E-state index contributed by atoms with van der Waals surface area (Å²) >= 11 is 6.40. The lowest BCUT2D eigenvalue weighted by Crippen LogP contribution is -2.13. The van der Waals surface area contributed by atoms with Crippen LogP contribution in [-0.4, -0.2) is 12.5 Å². The first-order chi connectivity index (χ1) is 12.6. The van der Waals surface area contributed by atoms with E-state index in [9.17, 15) is 9.18 Å². The molecule has 0 aliphatic carbocycles. The van der Waals surface area contributed by atoms with Crippen molar-refractivity contribution in [1.82, 2.24) is 0 Å². The summed E-state index contributed by atoms with van der Waals surface area (Å²) in [6.45, 7) is 0.677. The van der Waals surface area contributed by atoms with Crippen molar-refractivity contribution in [3.05, 3.63) is 82.6 Å². The Morgan fingerprint density at radius 3 is 2.62 bits per heavy atom. The Hall–Kier alpha value is -2.85. The molecule has 26 heavy (non-hydrogen) atoms. The Morgan fingerprint density at radius 2 is 1.85 bits per heavy atom. The van der Waals surface area contributed by atoms with E-state index in [0.717, 1.165) is 28.9 Å². The molecule has 4 rings (SSSR count). The van der Waals surface area contributed by atoms with Crippen molar-refractivity contribution in [2.45, 2.75) is 6.42 Å². The Morgan fingerprint density at radius 1 is 1.08 bits per heavy atom. The number of carbonyl (C=O) groups is 1. The van der Waals surface area contributed by atoms with Gasteiger partial charge < -0.3 is 10.1 Å². The molecule has 1 amide bonds. The van der Waals surface area contributed by atoms with Gasteiger partial charge in [-0.3, -0.25) is 4.79 Å². The fourth-order valence-electron chi connectivity index (χ4n) is 2.99. The second kappa shape index (κ2) is 6.81. The number of carbonyl (C=O) groups excluding carboxylic acids is 1. The summed E-state index contributed by atoms with van der Waals surface area (Å²) in [5.41, 5.74) is 3.50. The Balaban J connectivity index is 1.56. The summed E-state index contributed by atoms with van der Waals surface area (Å²) in [7, 11) is 0. The van der Waals surface area contributed by atoms with Crippen molar-refractivity contribution in [2.75, 3.05) is 11.9 Å². The van der Waals surface area contributed by atoms with Crippen LogP contribution in [0, 0.1) is 5.82 Å². The molecular weight excluding hydrogens is 353 g/mol. The van der Waals surface area contributed by atoms with Crippen LogP contribution >= 0.6 is 11.6 Å². The highest BCUT2D eigenvalue weighted by atomic mass is 35.5. The fourth-order valence-corrected chi connectivity index (χ4v) is 3.29. The molecule has 130 valence electrons. The zero-order chi connectivity index (χ0) is 18.1. The molecular formula is C21H15ClFNO2. The molecule has 0 spiro atoms. The predicted octanol–water partition coefficient (Wildman–Crippen LogP) is 5.33. The molecule has 1 N–H and O–H groups in total. The number of amides is 1. The zero-order valence-corrected chi connectivity index (χ0v) is 14.5. The van der Waals surface area contributed by atoms with Gasteiger partial charge in [0.25, 0.3) is 5.91 Å². The molecule has 0 fully saturated rings. The Labute approximate surface area is 155 Å². The van der Waals surface area contributed by atoms with Crippen LogP contribution in [0.4, 0.5) is 10.1 Å². The fraction of sp³-hybridized carbons (Fsp3) is 0.0952. The van der Waals surface area contributed by atoms with E-state index in [2.05, 4.69) is 5.32 Å². The number of ether oxygens (including phenoxy) is 1. The second-order valence-electron chi connectivity index (χ2n) is 6.05. The van der Waals surface area contributed by atoms with Crippen LogP contribution in [0.15, 0.2) is 60.7 Å². The predicted molar refractivity (Wildman–Crippen MR) is 100 cm³/mol. The number of benzene rings is 3. The summed E-state index contributed by atoms with van der Waals surface area (Å²) in [6, 6.07) is 17.0. The third-order valence-corrected chi connectivity index (χ3v) is 4.66. The van der Waals surface area contributed by atoms with Crippen LogP contribution in [0.1, 0.15) is 15.9 Å². The Kier molecular flexibility index (Phi) is 4.35. The number of anilines is 1. The number of hydrogen-bond acceptors (Lipinski definition) is 2. The van der Waals surface area contributed by atoms with Crippen molar-refractivity contribution in [3.63, 3.8) is 0 Å². The number of fused-ring (bicyclic) bond motifs is 1. The van der Waals surface area contributed by atoms with Crippen LogP contribution in [0.3, 0.4) is 0 Å². The van der Waals surface area contributed by atoms with Crippen LogP contribution in [-0.2, 0) is 6.42 Å². The average molecular weight is 368 g/mol. The van der Waals surface area contributed by atoms with Crippen molar-refractivity contribution < 1.29 is 13.9 Å². The lowest BCUT2D eigenvalue weighted by molar-refractivity contribution is 0.102. The third kappa shape index (κ3) is 3.16. The van der Waals surface area contributed by atoms with Gasteiger partial charge >= 0.3 is 0 Å². The quantitative estimate of drug-likeness (QED) is 0.679. The van der Waals surface area contributed by atoms with E-state index < -0.39 is 11.7 Å². The van der Waals surface area contributed by atoms with Gasteiger partial charge in [-0.05, 0) is 47.5 Å². The minimum atomic E-state index is -0.549. The molecule has 1 heterocycles. The molecule has 0 radical (unpaired) electrons. The van der Waals surface area contributed by atoms with Gasteiger partial charge in [0.2, 0.25) is 0 Å². The highest BCUT2D eigenvalue weighted by Crippen LogP contribution is 2.37. The second-order valence-corrected chi connectivity index (χ2v) is 6.46. The van der Waals surface area contributed by atoms with Gasteiger partial charge in [-0.25, -0.2) is 4.39 Å². The van der Waals surface area contributed by atoms with Gasteiger partial charge in [-0.15, -0.1) is 0 Å². The lowest BCUT2D eigenvalue weighted by Gasteiger charge is -2.10. The molecule has 0 atom stereocenters. The molecule has 3 aromatic carbocycles. The standard InChI is InChI=1S/C21H15ClFNO2/c22-18-11-14-9-10-26-20(14)12-17(18)13-5-7-15(8-6-13)24-21(25)16-3-1-2-4-19(16)23/h1-8,11-12H,9-10H2,(H,24,25). The molecule has 3 aromatic rings. The highest BCUT2D eigenvalue weighted by molar-refractivity contribution is 6.33. The molecule has 0 saturated carbocycles. The molecule has 3 nitrogen and oxygen atoms in total. The summed E-state index contributed by atoms with van der Waals surface area (Å²) in [5, 5.41) is 3.36. The largest absolute Gasteiger partial charge is 0.493 e. The summed E-state index contributed by atoms with van der Waals surface area (Å²) in [4.78, 5) is 12.2. The molecule has 0 unspecified atom stereocenters. The first-order valence-electron chi connectivity index (χ1n) is 8.23. The van der Waals surface area contributed by atoms with Crippen LogP contribution in [0.5, 0.6) is 5.75 Å². The molecule has 0 aromatic heterocycles. The normalized spacial score (nSPS) is 12.4. The van der Waals surface area contributed by atoms with E-state index in [1.165, 1.54) is 12.1 Å². The van der Waals surface area contributed by atoms with Crippen molar-refractivity contribution in [1.29, 1.82) is 0 Å². The Bertz CT molecular complexity index is 986. The van der Waals surface area contributed by atoms with Gasteiger partial charge in [0.1, 0.15) is 11.6 Å². The van der Waals surface area contributed by atoms with Crippen LogP contribution in [0.25, 0.3) is 11.1 Å². The summed E-state index contributed by atoms with van der Waals surface area (Å²) in [5.74, 6) is -0.173. The smallest absolute Gasteiger partial charge is 0.258 e. The van der Waals surface area contributed by atoms with E-state index in [4.69, 9.17) is 16.3 Å². The maximum absolute atomic E-state index is 13.7. The number of nitrogens with one attached hydrogen (secondary N) is 1. The minimum absolute atomic E-state index is 0.00962. The topological polar surface area (TPSA) is 38.3 Å². The molecule has 0 saturated heterocycles. The lowest BCUT2D eigenvalue weighted by atomic mass is 10.0. The van der Waals surface area contributed by atoms with E-state index in [-0.39, 0.29) is 5.56 Å².